The molecular weight excluding hydrogens is 408 g/mol. The summed E-state index contributed by atoms with van der Waals surface area (Å²) in [4.78, 5) is 21.3. The topological polar surface area (TPSA) is 107 Å². The van der Waals surface area contributed by atoms with Crippen LogP contribution in [0.4, 0.5) is 10.8 Å². The van der Waals surface area contributed by atoms with E-state index in [4.69, 9.17) is 11.6 Å². The van der Waals surface area contributed by atoms with E-state index in [2.05, 4.69) is 20.6 Å². The van der Waals surface area contributed by atoms with E-state index in [0.717, 1.165) is 5.69 Å². The largest absolute Gasteiger partial charge is 0.390 e. The Morgan fingerprint density at radius 2 is 2.04 bits per heavy atom. The summed E-state index contributed by atoms with van der Waals surface area (Å²) in [6.45, 7) is 0. The normalized spacial score (nSPS) is 29.7. The van der Waals surface area contributed by atoms with Crippen LogP contribution in [-0.4, -0.2) is 49.8 Å². The van der Waals surface area contributed by atoms with Gasteiger partial charge in [-0.05, 0) is 30.7 Å². The standard InChI is InChI=1S/C17H17ClN4O3S2/c18-8-1-3-9(4-2-8)20-17-21-12-13(24)11(23)7-10(14(12)27-17)15(25)22-16-19-5-6-26-16/h1-6,10-14,23-24H,7H2,(H,20,21)(H,19,22,25). The van der Waals surface area contributed by atoms with E-state index in [9.17, 15) is 15.0 Å². The number of fused-ring (bicyclic) bond motifs is 1. The second-order valence-corrected chi connectivity index (χ2v) is 8.86. The molecule has 10 heteroatoms. The van der Waals surface area contributed by atoms with Gasteiger partial charge in [-0.3, -0.25) is 9.79 Å². The van der Waals surface area contributed by atoms with Crippen molar-refractivity contribution in [3.63, 3.8) is 0 Å². The van der Waals surface area contributed by atoms with Gasteiger partial charge in [-0.1, -0.05) is 23.4 Å². The quantitative estimate of drug-likeness (QED) is 0.603. The molecule has 2 aliphatic rings. The number of benzene rings is 1. The lowest BCUT2D eigenvalue weighted by molar-refractivity contribution is -0.124. The van der Waals surface area contributed by atoms with Gasteiger partial charge in [0.1, 0.15) is 6.10 Å². The van der Waals surface area contributed by atoms with Crippen LogP contribution in [-0.2, 0) is 4.79 Å². The number of hydrogen-bond donors (Lipinski definition) is 4. The maximum absolute atomic E-state index is 12.7. The summed E-state index contributed by atoms with van der Waals surface area (Å²) >= 11 is 8.64. The summed E-state index contributed by atoms with van der Waals surface area (Å²) in [7, 11) is 0. The van der Waals surface area contributed by atoms with E-state index in [-0.39, 0.29) is 17.6 Å². The molecule has 4 N–H and O–H groups in total. The highest BCUT2D eigenvalue weighted by atomic mass is 35.5. The van der Waals surface area contributed by atoms with E-state index >= 15 is 0 Å². The van der Waals surface area contributed by atoms with Gasteiger partial charge in [0.15, 0.2) is 10.3 Å². The molecule has 5 unspecified atom stereocenters. The Kier molecular flexibility index (Phi) is 5.38. The summed E-state index contributed by atoms with van der Waals surface area (Å²) in [6, 6.07) is 6.62. The first-order valence-corrected chi connectivity index (χ1v) is 10.5. The smallest absolute Gasteiger partial charge is 0.230 e. The summed E-state index contributed by atoms with van der Waals surface area (Å²) in [5, 5.41) is 29.8. The van der Waals surface area contributed by atoms with Crippen molar-refractivity contribution < 1.29 is 15.0 Å². The summed E-state index contributed by atoms with van der Waals surface area (Å²) < 4.78 is 0. The lowest BCUT2D eigenvalue weighted by Crippen LogP contribution is -2.52. The number of hydrogen-bond acceptors (Lipinski definition) is 8. The van der Waals surface area contributed by atoms with E-state index in [1.807, 2.05) is 12.1 Å². The number of aliphatic hydroxyl groups is 2. The van der Waals surface area contributed by atoms with Crippen molar-refractivity contribution in [3.8, 4) is 0 Å². The minimum atomic E-state index is -1.00. The van der Waals surface area contributed by atoms with E-state index in [1.54, 1.807) is 23.7 Å². The lowest BCUT2D eigenvalue weighted by atomic mass is 9.81. The van der Waals surface area contributed by atoms with E-state index in [1.165, 1.54) is 23.1 Å². The molecule has 1 aliphatic heterocycles. The number of carbonyl (C=O) groups is 1. The number of thiazole rings is 1. The second kappa shape index (κ2) is 7.76. The predicted octanol–water partition coefficient (Wildman–Crippen LogP) is 2.43. The number of aromatic nitrogens is 1. The first kappa shape index (κ1) is 18.7. The zero-order chi connectivity index (χ0) is 19.0. The fourth-order valence-corrected chi connectivity index (χ4v) is 5.28. The molecule has 4 rings (SSSR count). The van der Waals surface area contributed by atoms with E-state index in [0.29, 0.717) is 15.3 Å². The molecule has 1 saturated carbocycles. The van der Waals surface area contributed by atoms with Gasteiger partial charge in [-0.25, -0.2) is 4.98 Å². The van der Waals surface area contributed by atoms with Gasteiger partial charge in [0.05, 0.1) is 18.1 Å². The van der Waals surface area contributed by atoms with Crippen molar-refractivity contribution in [2.24, 2.45) is 10.9 Å². The molecule has 1 fully saturated rings. The summed E-state index contributed by atoms with van der Waals surface area (Å²) in [5.74, 6) is -0.711. The molecule has 1 amide bonds. The van der Waals surface area contributed by atoms with Crippen LogP contribution in [0.5, 0.6) is 0 Å². The van der Waals surface area contributed by atoms with Crippen molar-refractivity contribution in [1.29, 1.82) is 0 Å². The van der Waals surface area contributed by atoms with Crippen molar-refractivity contribution in [2.75, 3.05) is 10.6 Å². The monoisotopic (exact) mass is 424 g/mol. The second-order valence-electron chi connectivity index (χ2n) is 6.37. The van der Waals surface area contributed by atoms with Crippen molar-refractivity contribution >= 4 is 56.6 Å². The fraction of sp³-hybridized carbons (Fsp3) is 0.353. The third kappa shape index (κ3) is 3.97. The van der Waals surface area contributed by atoms with Crippen LogP contribution in [0.25, 0.3) is 0 Å². The molecule has 0 radical (unpaired) electrons. The van der Waals surface area contributed by atoms with Gasteiger partial charge < -0.3 is 20.8 Å². The predicted molar refractivity (Wildman–Crippen MR) is 109 cm³/mol. The maximum Gasteiger partial charge on any atom is 0.230 e. The number of amidine groups is 1. The average molecular weight is 425 g/mol. The lowest BCUT2D eigenvalue weighted by Gasteiger charge is -2.37. The average Bonchev–Trinajstić information content (AvgIpc) is 3.30. The SMILES string of the molecule is O=C(Nc1nccs1)C1CC(O)C(O)C2N=C(Nc3ccc(Cl)cc3)SC12. The zero-order valence-electron chi connectivity index (χ0n) is 13.9. The molecule has 2 aromatic rings. The molecular formula is C17H17ClN4O3S2. The van der Waals surface area contributed by atoms with Gasteiger partial charge in [0.2, 0.25) is 5.91 Å². The van der Waals surface area contributed by atoms with Gasteiger partial charge in [0.25, 0.3) is 0 Å². The molecule has 1 aromatic heterocycles. The maximum atomic E-state index is 12.7. The van der Waals surface area contributed by atoms with Gasteiger partial charge in [-0.2, -0.15) is 0 Å². The van der Waals surface area contributed by atoms with Crippen LogP contribution in [0.1, 0.15) is 6.42 Å². The third-order valence-electron chi connectivity index (χ3n) is 4.58. The van der Waals surface area contributed by atoms with Crippen molar-refractivity contribution in [1.82, 2.24) is 4.98 Å². The molecule has 5 atom stereocenters. The Morgan fingerprint density at radius 1 is 1.26 bits per heavy atom. The van der Waals surface area contributed by atoms with Crippen molar-refractivity contribution in [3.05, 3.63) is 40.9 Å². The number of amides is 1. The molecule has 0 bridgehead atoms. The molecule has 7 nitrogen and oxygen atoms in total. The molecule has 2 heterocycles. The highest BCUT2D eigenvalue weighted by molar-refractivity contribution is 8.15. The summed E-state index contributed by atoms with van der Waals surface area (Å²) in [5.41, 5.74) is 0.808. The molecule has 142 valence electrons. The van der Waals surface area contributed by atoms with Gasteiger partial charge in [-0.15, -0.1) is 11.3 Å². The van der Waals surface area contributed by atoms with Gasteiger partial charge in [0, 0.05) is 27.5 Å². The molecule has 0 spiro atoms. The highest BCUT2D eigenvalue weighted by Gasteiger charge is 2.50. The fourth-order valence-electron chi connectivity index (χ4n) is 3.25. The van der Waals surface area contributed by atoms with E-state index < -0.39 is 24.2 Å². The van der Waals surface area contributed by atoms with Crippen LogP contribution in [0, 0.1) is 5.92 Å². The Morgan fingerprint density at radius 3 is 2.74 bits per heavy atom. The third-order valence-corrected chi connectivity index (χ3v) is 6.83. The summed E-state index contributed by atoms with van der Waals surface area (Å²) in [6.07, 6.45) is -0.214. The minimum absolute atomic E-state index is 0.177. The number of anilines is 2. The van der Waals surface area contributed by atoms with Crippen LogP contribution in [0.3, 0.4) is 0 Å². The molecule has 1 aliphatic carbocycles. The van der Waals surface area contributed by atoms with Crippen LogP contribution in [0.15, 0.2) is 40.8 Å². The number of aliphatic hydroxyl groups excluding tert-OH is 2. The van der Waals surface area contributed by atoms with Crippen LogP contribution < -0.4 is 10.6 Å². The Bertz CT molecular complexity index is 846. The number of halogens is 1. The first-order valence-electron chi connectivity index (χ1n) is 8.35. The molecule has 27 heavy (non-hydrogen) atoms. The number of nitrogens with one attached hydrogen (secondary N) is 2. The Labute approximate surface area is 168 Å². The van der Waals surface area contributed by atoms with Gasteiger partial charge >= 0.3 is 0 Å². The number of carbonyl (C=O) groups excluding carboxylic acids is 1. The van der Waals surface area contributed by atoms with Crippen molar-refractivity contribution in [2.45, 2.75) is 29.9 Å². The number of aliphatic imine (C=N–C) groups is 1. The first-order chi connectivity index (χ1) is 13.0. The zero-order valence-corrected chi connectivity index (χ0v) is 16.3. The number of rotatable bonds is 3. The number of thioether (sulfide) groups is 1. The molecule has 1 aromatic carbocycles. The number of nitrogens with zero attached hydrogens (tertiary/aromatic N) is 2. The molecule has 0 saturated heterocycles. The minimum Gasteiger partial charge on any atom is -0.390 e. The Balaban J connectivity index is 1.50. The Hall–Kier alpha value is -1.65. The van der Waals surface area contributed by atoms with Crippen LogP contribution in [0.2, 0.25) is 5.02 Å². The van der Waals surface area contributed by atoms with Crippen LogP contribution >= 0.6 is 34.7 Å². The highest BCUT2D eigenvalue weighted by Crippen LogP contribution is 2.41.